The molecule has 0 amide bonds. The molecule has 2 fully saturated rings. The van der Waals surface area contributed by atoms with Crippen LogP contribution in [0.4, 0.5) is 5.82 Å². The van der Waals surface area contributed by atoms with Crippen LogP contribution in [-0.4, -0.2) is 23.6 Å². The van der Waals surface area contributed by atoms with Crippen molar-refractivity contribution in [2.75, 3.05) is 11.4 Å². The summed E-state index contributed by atoms with van der Waals surface area (Å²) in [7, 11) is 0. The van der Waals surface area contributed by atoms with Crippen LogP contribution in [0.3, 0.4) is 0 Å². The lowest BCUT2D eigenvalue weighted by atomic mass is 10.1. The van der Waals surface area contributed by atoms with E-state index in [1.54, 1.807) is 0 Å². The zero-order chi connectivity index (χ0) is 12.5. The second kappa shape index (κ2) is 4.88. The first kappa shape index (κ1) is 12.0. The van der Waals surface area contributed by atoms with Crippen molar-refractivity contribution in [3.8, 4) is 0 Å². The third-order valence-corrected chi connectivity index (χ3v) is 4.23. The van der Waals surface area contributed by atoms with Crippen molar-refractivity contribution in [3.05, 3.63) is 23.9 Å². The molecule has 1 aromatic heterocycles. The van der Waals surface area contributed by atoms with Gasteiger partial charge in [0.1, 0.15) is 5.82 Å². The topological polar surface area (TPSA) is 28.2 Å². The summed E-state index contributed by atoms with van der Waals surface area (Å²) in [6, 6.07) is 5.70. The van der Waals surface area contributed by atoms with Gasteiger partial charge in [0.15, 0.2) is 0 Å². The molecule has 2 unspecified atom stereocenters. The average molecular weight is 245 g/mol. The van der Waals surface area contributed by atoms with Crippen molar-refractivity contribution in [2.24, 2.45) is 5.92 Å². The summed E-state index contributed by atoms with van der Waals surface area (Å²) in [6.45, 7) is 6.48. The van der Waals surface area contributed by atoms with Gasteiger partial charge in [-0.3, -0.25) is 0 Å². The lowest BCUT2D eigenvalue weighted by molar-refractivity contribution is 0.550. The Hall–Kier alpha value is -1.09. The minimum atomic E-state index is 0.527. The number of rotatable bonds is 4. The van der Waals surface area contributed by atoms with Gasteiger partial charge in [0.2, 0.25) is 0 Å². The first-order valence-electron chi connectivity index (χ1n) is 7.17. The number of anilines is 1. The maximum absolute atomic E-state index is 4.64. The highest BCUT2D eigenvalue weighted by molar-refractivity contribution is 5.43. The summed E-state index contributed by atoms with van der Waals surface area (Å²) in [5.41, 5.74) is 1.27. The maximum Gasteiger partial charge on any atom is 0.128 e. The fraction of sp³-hybridized carbons (Fsp3) is 0.667. The molecule has 1 saturated heterocycles. The van der Waals surface area contributed by atoms with Crippen LogP contribution in [0.5, 0.6) is 0 Å². The third-order valence-electron chi connectivity index (χ3n) is 4.23. The van der Waals surface area contributed by atoms with Gasteiger partial charge in [0.05, 0.1) is 0 Å². The van der Waals surface area contributed by atoms with Crippen LogP contribution in [0.1, 0.15) is 38.7 Å². The molecule has 3 heteroatoms. The van der Waals surface area contributed by atoms with Crippen LogP contribution in [0, 0.1) is 5.92 Å². The van der Waals surface area contributed by atoms with Crippen molar-refractivity contribution >= 4 is 5.82 Å². The summed E-state index contributed by atoms with van der Waals surface area (Å²) < 4.78 is 0. The van der Waals surface area contributed by atoms with E-state index in [0.29, 0.717) is 6.04 Å². The van der Waals surface area contributed by atoms with Gasteiger partial charge < -0.3 is 10.2 Å². The van der Waals surface area contributed by atoms with Crippen LogP contribution in [0.25, 0.3) is 0 Å². The first-order valence-corrected chi connectivity index (χ1v) is 7.17. The van der Waals surface area contributed by atoms with E-state index in [1.807, 2.05) is 6.20 Å². The van der Waals surface area contributed by atoms with Crippen molar-refractivity contribution in [1.82, 2.24) is 10.3 Å². The van der Waals surface area contributed by atoms with Crippen LogP contribution in [0.2, 0.25) is 0 Å². The molecule has 3 rings (SSSR count). The largest absolute Gasteiger partial charge is 0.353 e. The van der Waals surface area contributed by atoms with E-state index in [1.165, 1.54) is 37.2 Å². The van der Waals surface area contributed by atoms with Crippen LogP contribution >= 0.6 is 0 Å². The molecule has 2 bridgehead atoms. The fourth-order valence-electron chi connectivity index (χ4n) is 3.22. The lowest BCUT2D eigenvalue weighted by Gasteiger charge is -2.28. The average Bonchev–Trinajstić information content (AvgIpc) is 2.99. The number of nitrogens with one attached hydrogen (secondary N) is 1. The lowest BCUT2D eigenvalue weighted by Crippen LogP contribution is -2.32. The van der Waals surface area contributed by atoms with Gasteiger partial charge in [-0.2, -0.15) is 0 Å². The molecule has 0 spiro atoms. The Morgan fingerprint density at radius 2 is 2.28 bits per heavy atom. The van der Waals surface area contributed by atoms with Gasteiger partial charge in [0, 0.05) is 31.4 Å². The minimum absolute atomic E-state index is 0.527. The summed E-state index contributed by atoms with van der Waals surface area (Å²) in [5.74, 6) is 2.11. The Kier molecular flexibility index (Phi) is 3.25. The Bertz CT molecular complexity index is 399. The quantitative estimate of drug-likeness (QED) is 0.883. The summed E-state index contributed by atoms with van der Waals surface area (Å²) >= 11 is 0. The SMILES string of the molecule is CC(C)NCc1ccc(N2CC3CCC2C3)nc1. The van der Waals surface area contributed by atoms with E-state index in [4.69, 9.17) is 0 Å². The molecule has 2 atom stereocenters. The highest BCUT2D eigenvalue weighted by Gasteiger charge is 2.38. The summed E-state index contributed by atoms with van der Waals surface area (Å²) in [6.07, 6.45) is 6.20. The normalized spacial score (nSPS) is 26.3. The molecule has 1 aliphatic heterocycles. The second-order valence-corrected chi connectivity index (χ2v) is 6.05. The summed E-state index contributed by atoms with van der Waals surface area (Å²) in [5, 5.41) is 3.42. The zero-order valence-electron chi connectivity index (χ0n) is 11.4. The predicted molar refractivity (Wildman–Crippen MR) is 74.7 cm³/mol. The van der Waals surface area contributed by atoms with Crippen molar-refractivity contribution < 1.29 is 0 Å². The van der Waals surface area contributed by atoms with Gasteiger partial charge in [-0.15, -0.1) is 0 Å². The molecule has 0 radical (unpaired) electrons. The highest BCUT2D eigenvalue weighted by Crippen LogP contribution is 2.39. The molecule has 2 heterocycles. The van der Waals surface area contributed by atoms with Crippen LogP contribution in [-0.2, 0) is 6.54 Å². The van der Waals surface area contributed by atoms with Crippen LogP contribution in [0.15, 0.2) is 18.3 Å². The molecule has 1 aromatic rings. The summed E-state index contributed by atoms with van der Waals surface area (Å²) in [4.78, 5) is 7.15. The van der Waals surface area contributed by atoms with Gasteiger partial charge in [-0.25, -0.2) is 4.98 Å². The smallest absolute Gasteiger partial charge is 0.128 e. The Morgan fingerprint density at radius 1 is 1.39 bits per heavy atom. The first-order chi connectivity index (χ1) is 8.72. The number of aromatic nitrogens is 1. The molecule has 1 saturated carbocycles. The van der Waals surface area contributed by atoms with Gasteiger partial charge in [-0.1, -0.05) is 19.9 Å². The molecule has 3 nitrogen and oxygen atoms in total. The molecule has 98 valence electrons. The van der Waals surface area contributed by atoms with Gasteiger partial charge >= 0.3 is 0 Å². The molecular weight excluding hydrogens is 222 g/mol. The Labute approximate surface area is 110 Å². The second-order valence-electron chi connectivity index (χ2n) is 6.05. The molecule has 1 aliphatic carbocycles. The number of piperidine rings is 1. The molecule has 0 aromatic carbocycles. The van der Waals surface area contributed by atoms with E-state index in [-0.39, 0.29) is 0 Å². The van der Waals surface area contributed by atoms with Crippen molar-refractivity contribution in [1.29, 1.82) is 0 Å². The van der Waals surface area contributed by atoms with Crippen molar-refractivity contribution in [2.45, 2.75) is 51.7 Å². The van der Waals surface area contributed by atoms with E-state index in [9.17, 15) is 0 Å². The number of nitrogens with zero attached hydrogens (tertiary/aromatic N) is 2. The van der Waals surface area contributed by atoms with E-state index < -0.39 is 0 Å². The number of hydrogen-bond acceptors (Lipinski definition) is 3. The maximum atomic E-state index is 4.64. The van der Waals surface area contributed by atoms with Crippen LogP contribution < -0.4 is 10.2 Å². The van der Waals surface area contributed by atoms with Gasteiger partial charge in [0.25, 0.3) is 0 Å². The zero-order valence-corrected chi connectivity index (χ0v) is 11.4. The van der Waals surface area contributed by atoms with E-state index in [0.717, 1.165) is 18.5 Å². The minimum Gasteiger partial charge on any atom is -0.353 e. The van der Waals surface area contributed by atoms with Gasteiger partial charge in [-0.05, 0) is 36.8 Å². The Morgan fingerprint density at radius 3 is 2.83 bits per heavy atom. The highest BCUT2D eigenvalue weighted by atomic mass is 15.2. The molecule has 18 heavy (non-hydrogen) atoms. The van der Waals surface area contributed by atoms with Crippen molar-refractivity contribution in [3.63, 3.8) is 0 Å². The number of pyridine rings is 1. The number of fused-ring (bicyclic) bond motifs is 2. The van der Waals surface area contributed by atoms with E-state index >= 15 is 0 Å². The molecular formula is C15H23N3. The van der Waals surface area contributed by atoms with E-state index in [2.05, 4.69) is 41.2 Å². The number of hydrogen-bond donors (Lipinski definition) is 1. The predicted octanol–water partition coefficient (Wildman–Crippen LogP) is 2.57. The monoisotopic (exact) mass is 245 g/mol. The Balaban J connectivity index is 1.64. The molecule has 1 N–H and O–H groups in total. The standard InChI is InChI=1S/C15H23N3/c1-11(2)16-8-13-4-6-15(17-9-13)18-10-12-3-5-14(18)7-12/h4,6,9,11-12,14,16H,3,5,7-8,10H2,1-2H3. The fourth-order valence-corrected chi connectivity index (χ4v) is 3.22. The third kappa shape index (κ3) is 2.37. The molecule has 2 aliphatic rings.